The largest absolute Gasteiger partial charge is 0.352 e. The fourth-order valence-corrected chi connectivity index (χ4v) is 2.66. The lowest BCUT2D eigenvalue weighted by atomic mass is 10.2. The Labute approximate surface area is 127 Å². The van der Waals surface area contributed by atoms with Gasteiger partial charge >= 0.3 is 0 Å². The van der Waals surface area contributed by atoms with Gasteiger partial charge < -0.3 is 4.90 Å². The predicted molar refractivity (Wildman–Crippen MR) is 81.3 cm³/mol. The molecule has 112 valence electrons. The van der Waals surface area contributed by atoms with Gasteiger partial charge in [-0.3, -0.25) is 4.40 Å². The number of aromatic nitrogens is 4. The van der Waals surface area contributed by atoms with Crippen molar-refractivity contribution in [3.8, 4) is 0 Å². The summed E-state index contributed by atoms with van der Waals surface area (Å²) < 4.78 is 15.0. The van der Waals surface area contributed by atoms with Crippen LogP contribution in [0.3, 0.4) is 0 Å². The maximum absolute atomic E-state index is 13.0. The molecule has 1 aliphatic rings. The highest BCUT2D eigenvalue weighted by Gasteiger charge is 2.29. The highest BCUT2D eigenvalue weighted by Crippen LogP contribution is 2.39. The Hall–Kier alpha value is -2.50. The molecule has 1 fully saturated rings. The zero-order valence-corrected chi connectivity index (χ0v) is 12.3. The molecule has 1 aliphatic carbocycles. The molecule has 0 unspecified atom stereocenters. The molecule has 0 saturated heterocycles. The fourth-order valence-electron chi connectivity index (χ4n) is 2.66. The molecule has 0 spiro atoms. The number of rotatable bonds is 4. The third kappa shape index (κ3) is 2.30. The number of anilines is 1. The monoisotopic (exact) mass is 297 g/mol. The Morgan fingerprint density at radius 3 is 2.73 bits per heavy atom. The summed E-state index contributed by atoms with van der Waals surface area (Å²) in [6.45, 7) is 0.637. The van der Waals surface area contributed by atoms with Gasteiger partial charge in [0.2, 0.25) is 5.65 Å². The van der Waals surface area contributed by atoms with Crippen LogP contribution in [0.15, 0.2) is 36.7 Å². The van der Waals surface area contributed by atoms with E-state index in [0.717, 1.165) is 22.9 Å². The van der Waals surface area contributed by atoms with Crippen LogP contribution < -0.4 is 4.90 Å². The molecule has 1 aromatic carbocycles. The van der Waals surface area contributed by atoms with Crippen LogP contribution in [0.25, 0.3) is 5.65 Å². The van der Waals surface area contributed by atoms with Crippen molar-refractivity contribution in [2.24, 2.45) is 0 Å². The number of halogens is 1. The van der Waals surface area contributed by atoms with Gasteiger partial charge in [0.25, 0.3) is 0 Å². The molecule has 0 N–H and O–H groups in total. The summed E-state index contributed by atoms with van der Waals surface area (Å²) >= 11 is 0. The summed E-state index contributed by atoms with van der Waals surface area (Å²) in [7, 11) is 1.96. The van der Waals surface area contributed by atoms with E-state index < -0.39 is 0 Å². The Kier molecular flexibility index (Phi) is 3.03. The van der Waals surface area contributed by atoms with E-state index in [0.29, 0.717) is 12.5 Å². The van der Waals surface area contributed by atoms with Crippen LogP contribution in [0.5, 0.6) is 0 Å². The van der Waals surface area contributed by atoms with Crippen molar-refractivity contribution in [3.05, 3.63) is 53.9 Å². The zero-order valence-electron chi connectivity index (χ0n) is 12.3. The maximum Gasteiger partial charge on any atom is 0.203 e. The summed E-state index contributed by atoms with van der Waals surface area (Å²) in [4.78, 5) is 6.45. The van der Waals surface area contributed by atoms with Crippen LogP contribution in [0.2, 0.25) is 0 Å². The van der Waals surface area contributed by atoms with E-state index in [1.807, 2.05) is 22.5 Å². The average Bonchev–Trinajstić information content (AvgIpc) is 3.28. The van der Waals surface area contributed by atoms with Gasteiger partial charge in [-0.15, -0.1) is 10.2 Å². The Bertz CT molecular complexity index is 807. The molecule has 2 aromatic heterocycles. The van der Waals surface area contributed by atoms with Crippen molar-refractivity contribution in [3.63, 3.8) is 0 Å². The van der Waals surface area contributed by atoms with Gasteiger partial charge in [0, 0.05) is 31.9 Å². The Morgan fingerprint density at radius 2 is 2.00 bits per heavy atom. The van der Waals surface area contributed by atoms with Crippen molar-refractivity contribution in [1.29, 1.82) is 0 Å². The first-order chi connectivity index (χ1) is 10.7. The molecule has 0 atom stereocenters. The number of benzene rings is 1. The van der Waals surface area contributed by atoms with E-state index in [-0.39, 0.29) is 5.82 Å². The molecule has 1 saturated carbocycles. The van der Waals surface area contributed by atoms with Gasteiger partial charge in [0.1, 0.15) is 11.6 Å². The van der Waals surface area contributed by atoms with E-state index in [9.17, 15) is 4.39 Å². The average molecular weight is 297 g/mol. The van der Waals surface area contributed by atoms with Crippen molar-refractivity contribution in [2.75, 3.05) is 11.9 Å². The smallest absolute Gasteiger partial charge is 0.203 e. The molecule has 0 bridgehead atoms. The number of nitrogens with zero attached hydrogens (tertiary/aromatic N) is 5. The topological polar surface area (TPSA) is 46.3 Å². The van der Waals surface area contributed by atoms with Gasteiger partial charge in [0.05, 0.1) is 0 Å². The van der Waals surface area contributed by atoms with E-state index in [1.165, 1.54) is 25.0 Å². The van der Waals surface area contributed by atoms with Crippen molar-refractivity contribution < 1.29 is 4.39 Å². The Balaban J connectivity index is 1.66. The Morgan fingerprint density at radius 1 is 1.23 bits per heavy atom. The zero-order chi connectivity index (χ0) is 15.1. The minimum atomic E-state index is -0.224. The van der Waals surface area contributed by atoms with E-state index >= 15 is 0 Å². The SMILES string of the molecule is CN(Cc1ccc(F)cc1)c1nccn2c(C3CC3)nnc12. The number of fused-ring (bicyclic) bond motifs is 1. The summed E-state index contributed by atoms with van der Waals surface area (Å²) in [5.41, 5.74) is 1.80. The van der Waals surface area contributed by atoms with Crippen LogP contribution in [-0.4, -0.2) is 26.6 Å². The molecular weight excluding hydrogens is 281 g/mol. The fraction of sp³-hybridized carbons (Fsp3) is 0.312. The van der Waals surface area contributed by atoms with Crippen LogP contribution in [0.1, 0.15) is 30.1 Å². The van der Waals surface area contributed by atoms with Crippen LogP contribution >= 0.6 is 0 Å². The lowest BCUT2D eigenvalue weighted by Crippen LogP contribution is -2.18. The number of hydrogen-bond donors (Lipinski definition) is 0. The van der Waals surface area contributed by atoms with Crippen LogP contribution in [-0.2, 0) is 6.54 Å². The highest BCUT2D eigenvalue weighted by molar-refractivity contribution is 5.63. The molecule has 2 heterocycles. The third-order valence-electron chi connectivity index (χ3n) is 3.97. The highest BCUT2D eigenvalue weighted by atomic mass is 19.1. The molecular formula is C16H16FN5. The normalized spacial score (nSPS) is 14.5. The van der Waals surface area contributed by atoms with Crippen molar-refractivity contribution in [1.82, 2.24) is 19.6 Å². The predicted octanol–water partition coefficient (Wildman–Crippen LogP) is 2.78. The standard InChI is InChI=1S/C16H16FN5/c1-21(10-11-2-6-13(17)7-3-11)15-16-20-19-14(12-4-5-12)22(16)9-8-18-15/h2-3,6-9,12H,4-5,10H2,1H3. The third-order valence-corrected chi connectivity index (χ3v) is 3.97. The van der Waals surface area contributed by atoms with E-state index in [2.05, 4.69) is 15.2 Å². The molecule has 6 heteroatoms. The molecule has 22 heavy (non-hydrogen) atoms. The minimum absolute atomic E-state index is 0.224. The van der Waals surface area contributed by atoms with Crippen molar-refractivity contribution in [2.45, 2.75) is 25.3 Å². The second-order valence-corrected chi connectivity index (χ2v) is 5.76. The summed E-state index contributed by atoms with van der Waals surface area (Å²) in [6.07, 6.45) is 6.06. The maximum atomic E-state index is 13.0. The second-order valence-electron chi connectivity index (χ2n) is 5.76. The molecule has 0 amide bonds. The van der Waals surface area contributed by atoms with Crippen LogP contribution in [0, 0.1) is 5.82 Å². The molecule has 0 aliphatic heterocycles. The van der Waals surface area contributed by atoms with Crippen LogP contribution in [0.4, 0.5) is 10.2 Å². The summed E-state index contributed by atoms with van der Waals surface area (Å²) in [5, 5.41) is 8.62. The van der Waals surface area contributed by atoms with Crippen molar-refractivity contribution >= 4 is 11.5 Å². The van der Waals surface area contributed by atoms with Gasteiger partial charge in [-0.05, 0) is 30.5 Å². The molecule has 3 aromatic rings. The second kappa shape index (κ2) is 5.05. The van der Waals surface area contributed by atoms with Gasteiger partial charge in [-0.1, -0.05) is 12.1 Å². The molecule has 4 rings (SSSR count). The van der Waals surface area contributed by atoms with E-state index in [1.54, 1.807) is 18.3 Å². The minimum Gasteiger partial charge on any atom is -0.352 e. The molecule has 0 radical (unpaired) electrons. The number of hydrogen-bond acceptors (Lipinski definition) is 4. The lowest BCUT2D eigenvalue weighted by Gasteiger charge is -2.18. The quantitative estimate of drug-likeness (QED) is 0.743. The van der Waals surface area contributed by atoms with E-state index in [4.69, 9.17) is 0 Å². The van der Waals surface area contributed by atoms with Gasteiger partial charge in [-0.25, -0.2) is 9.37 Å². The lowest BCUT2D eigenvalue weighted by molar-refractivity contribution is 0.627. The summed E-state index contributed by atoms with van der Waals surface area (Å²) in [6, 6.07) is 6.51. The van der Waals surface area contributed by atoms with Gasteiger partial charge in [0.15, 0.2) is 5.82 Å². The first kappa shape index (κ1) is 13.2. The first-order valence-electron chi connectivity index (χ1n) is 7.37. The summed E-state index contributed by atoms with van der Waals surface area (Å²) in [5.74, 6) is 2.12. The van der Waals surface area contributed by atoms with Gasteiger partial charge in [-0.2, -0.15) is 0 Å². The molecule has 5 nitrogen and oxygen atoms in total. The first-order valence-corrected chi connectivity index (χ1v) is 7.37.